The molecule has 0 aliphatic heterocycles. The molecule has 0 amide bonds. The maximum atomic E-state index is 4.64. The van der Waals surface area contributed by atoms with Gasteiger partial charge in [-0.05, 0) is 39.1 Å². The summed E-state index contributed by atoms with van der Waals surface area (Å²) in [6, 6.07) is 6.82. The summed E-state index contributed by atoms with van der Waals surface area (Å²) in [5, 5.41) is 3.13. The van der Waals surface area contributed by atoms with Gasteiger partial charge in [0.15, 0.2) is 0 Å². The first-order chi connectivity index (χ1) is 8.04. The third-order valence-corrected chi connectivity index (χ3v) is 3.29. The molecule has 1 aromatic rings. The predicted octanol–water partition coefficient (Wildman–Crippen LogP) is 2.28. The van der Waals surface area contributed by atoms with Gasteiger partial charge in [0.1, 0.15) is 0 Å². The van der Waals surface area contributed by atoms with Crippen LogP contribution in [0.15, 0.2) is 18.2 Å². The maximum Gasteiger partial charge on any atom is 0.0547 e. The van der Waals surface area contributed by atoms with E-state index in [1.807, 2.05) is 7.05 Å². The van der Waals surface area contributed by atoms with Gasteiger partial charge in [-0.2, -0.15) is 0 Å². The van der Waals surface area contributed by atoms with Crippen LogP contribution >= 0.6 is 0 Å². The van der Waals surface area contributed by atoms with Crippen molar-refractivity contribution in [3.05, 3.63) is 29.6 Å². The lowest BCUT2D eigenvalue weighted by Crippen LogP contribution is -2.33. The van der Waals surface area contributed by atoms with Gasteiger partial charge in [-0.3, -0.25) is 9.88 Å². The minimum Gasteiger partial charge on any atom is -0.314 e. The average Bonchev–Trinajstić information content (AvgIpc) is 2.28. The van der Waals surface area contributed by atoms with Crippen LogP contribution in [0.3, 0.4) is 0 Å². The monoisotopic (exact) mass is 235 g/mol. The van der Waals surface area contributed by atoms with E-state index in [0.29, 0.717) is 12.0 Å². The molecule has 0 bridgehead atoms. The Bertz CT molecular complexity index is 336. The van der Waals surface area contributed by atoms with Gasteiger partial charge in [-0.1, -0.05) is 19.9 Å². The number of hydrogen-bond acceptors (Lipinski definition) is 3. The van der Waals surface area contributed by atoms with Crippen molar-refractivity contribution in [3.8, 4) is 0 Å². The van der Waals surface area contributed by atoms with Crippen LogP contribution in [0.1, 0.15) is 32.2 Å². The second kappa shape index (κ2) is 6.72. The molecule has 0 aliphatic carbocycles. The van der Waals surface area contributed by atoms with Crippen molar-refractivity contribution in [2.45, 2.75) is 39.9 Å². The molecule has 0 spiro atoms. The minimum atomic E-state index is 0.574. The number of pyridine rings is 1. The topological polar surface area (TPSA) is 28.2 Å². The standard InChI is InChI=1S/C14H25N3/c1-11(2)12(3)17(5)10-14-8-6-7-13(16-14)9-15-4/h6-8,11-12,15H,9-10H2,1-5H3. The van der Waals surface area contributed by atoms with Crippen LogP contribution in [-0.2, 0) is 13.1 Å². The number of aromatic nitrogens is 1. The second-order valence-electron chi connectivity index (χ2n) is 5.05. The van der Waals surface area contributed by atoms with E-state index in [0.717, 1.165) is 24.5 Å². The summed E-state index contributed by atoms with van der Waals surface area (Å²) in [5.41, 5.74) is 2.25. The Kier molecular flexibility index (Phi) is 5.59. The van der Waals surface area contributed by atoms with Crippen molar-refractivity contribution >= 4 is 0 Å². The highest BCUT2D eigenvalue weighted by Gasteiger charge is 2.13. The highest BCUT2D eigenvalue weighted by atomic mass is 15.1. The van der Waals surface area contributed by atoms with Crippen LogP contribution in [0.5, 0.6) is 0 Å². The first-order valence-corrected chi connectivity index (χ1v) is 6.34. The van der Waals surface area contributed by atoms with Gasteiger partial charge < -0.3 is 5.32 Å². The molecule has 1 atom stereocenters. The van der Waals surface area contributed by atoms with E-state index >= 15 is 0 Å². The second-order valence-corrected chi connectivity index (χ2v) is 5.05. The van der Waals surface area contributed by atoms with E-state index in [1.54, 1.807) is 0 Å². The number of hydrogen-bond donors (Lipinski definition) is 1. The number of rotatable bonds is 6. The van der Waals surface area contributed by atoms with Gasteiger partial charge in [-0.25, -0.2) is 0 Å². The third-order valence-electron chi connectivity index (χ3n) is 3.29. The van der Waals surface area contributed by atoms with E-state index in [4.69, 9.17) is 0 Å². The van der Waals surface area contributed by atoms with Crippen LogP contribution < -0.4 is 5.32 Å². The molecular formula is C14H25N3. The average molecular weight is 235 g/mol. The van der Waals surface area contributed by atoms with E-state index in [-0.39, 0.29) is 0 Å². The molecule has 3 heteroatoms. The van der Waals surface area contributed by atoms with Gasteiger partial charge in [-0.15, -0.1) is 0 Å². The molecule has 1 N–H and O–H groups in total. The van der Waals surface area contributed by atoms with E-state index in [1.165, 1.54) is 0 Å². The van der Waals surface area contributed by atoms with E-state index in [9.17, 15) is 0 Å². The molecule has 0 saturated carbocycles. The summed E-state index contributed by atoms with van der Waals surface area (Å²) in [6.45, 7) is 8.52. The van der Waals surface area contributed by atoms with Crippen LogP contribution in [0.4, 0.5) is 0 Å². The highest BCUT2D eigenvalue weighted by molar-refractivity contribution is 5.11. The largest absolute Gasteiger partial charge is 0.314 e. The zero-order chi connectivity index (χ0) is 12.8. The fraction of sp³-hybridized carbons (Fsp3) is 0.643. The van der Waals surface area contributed by atoms with Crippen molar-refractivity contribution in [2.24, 2.45) is 5.92 Å². The molecule has 96 valence electrons. The molecule has 1 unspecified atom stereocenters. The summed E-state index contributed by atoms with van der Waals surface area (Å²) in [5.74, 6) is 0.667. The quantitative estimate of drug-likeness (QED) is 0.820. The first kappa shape index (κ1) is 14.1. The van der Waals surface area contributed by atoms with Gasteiger partial charge in [0.2, 0.25) is 0 Å². The molecule has 1 aromatic heterocycles. The molecule has 3 nitrogen and oxygen atoms in total. The minimum absolute atomic E-state index is 0.574. The van der Waals surface area contributed by atoms with Crippen molar-refractivity contribution in [2.75, 3.05) is 14.1 Å². The molecule has 1 rings (SSSR count). The molecule has 0 radical (unpaired) electrons. The van der Waals surface area contributed by atoms with Crippen molar-refractivity contribution in [3.63, 3.8) is 0 Å². The predicted molar refractivity (Wildman–Crippen MR) is 72.8 cm³/mol. The summed E-state index contributed by atoms with van der Waals surface area (Å²) >= 11 is 0. The lowest BCUT2D eigenvalue weighted by molar-refractivity contribution is 0.198. The Morgan fingerprint density at radius 1 is 1.24 bits per heavy atom. The molecule has 0 saturated heterocycles. The van der Waals surface area contributed by atoms with Crippen molar-refractivity contribution in [1.29, 1.82) is 0 Å². The maximum absolute atomic E-state index is 4.64. The van der Waals surface area contributed by atoms with Crippen LogP contribution in [-0.4, -0.2) is 30.0 Å². The Labute approximate surface area is 105 Å². The van der Waals surface area contributed by atoms with Gasteiger partial charge in [0.05, 0.1) is 11.4 Å². The van der Waals surface area contributed by atoms with Gasteiger partial charge in [0, 0.05) is 19.1 Å². The molecule has 0 fully saturated rings. The molecular weight excluding hydrogens is 210 g/mol. The first-order valence-electron chi connectivity index (χ1n) is 6.34. The Balaban J connectivity index is 2.64. The lowest BCUT2D eigenvalue weighted by Gasteiger charge is -2.27. The number of nitrogens with one attached hydrogen (secondary N) is 1. The number of nitrogens with zero attached hydrogens (tertiary/aromatic N) is 2. The van der Waals surface area contributed by atoms with Crippen molar-refractivity contribution in [1.82, 2.24) is 15.2 Å². The molecule has 0 aliphatic rings. The zero-order valence-electron chi connectivity index (χ0n) is 11.7. The fourth-order valence-electron chi connectivity index (χ4n) is 1.81. The molecule has 0 aromatic carbocycles. The van der Waals surface area contributed by atoms with E-state index < -0.39 is 0 Å². The lowest BCUT2D eigenvalue weighted by atomic mass is 10.1. The van der Waals surface area contributed by atoms with E-state index in [2.05, 4.69) is 61.2 Å². The summed E-state index contributed by atoms with van der Waals surface area (Å²) in [6.07, 6.45) is 0. The van der Waals surface area contributed by atoms with Crippen LogP contribution in [0.25, 0.3) is 0 Å². The smallest absolute Gasteiger partial charge is 0.0547 e. The normalized spacial score (nSPS) is 13.4. The molecule has 17 heavy (non-hydrogen) atoms. The summed E-state index contributed by atoms with van der Waals surface area (Å²) in [4.78, 5) is 7.00. The Morgan fingerprint density at radius 3 is 2.47 bits per heavy atom. The van der Waals surface area contributed by atoms with Gasteiger partial charge >= 0.3 is 0 Å². The summed E-state index contributed by atoms with van der Waals surface area (Å²) < 4.78 is 0. The summed E-state index contributed by atoms with van der Waals surface area (Å²) in [7, 11) is 4.11. The van der Waals surface area contributed by atoms with Crippen LogP contribution in [0.2, 0.25) is 0 Å². The SMILES string of the molecule is CNCc1cccc(CN(C)C(C)C(C)C)n1. The molecule has 1 heterocycles. The highest BCUT2D eigenvalue weighted by Crippen LogP contribution is 2.11. The fourth-order valence-corrected chi connectivity index (χ4v) is 1.81. The van der Waals surface area contributed by atoms with Crippen LogP contribution in [0, 0.1) is 5.92 Å². The van der Waals surface area contributed by atoms with Gasteiger partial charge in [0.25, 0.3) is 0 Å². The zero-order valence-corrected chi connectivity index (χ0v) is 11.7. The Hall–Kier alpha value is -0.930. The third kappa shape index (κ3) is 4.44. The Morgan fingerprint density at radius 2 is 1.88 bits per heavy atom. The van der Waals surface area contributed by atoms with Crippen molar-refractivity contribution < 1.29 is 0 Å².